The number of hydrogen-bond acceptors (Lipinski definition) is 1. The van der Waals surface area contributed by atoms with Crippen molar-refractivity contribution in [3.8, 4) is 0 Å². The maximum Gasteiger partial charge on any atom is 0.253 e. The molecule has 148 valence electrons. The Morgan fingerprint density at radius 1 is 0.808 bits per heavy atom. The molecule has 0 atom stereocenters. The molecule has 0 saturated heterocycles. The van der Waals surface area contributed by atoms with Crippen LogP contribution in [0, 0.1) is 0 Å². The first kappa shape index (κ1) is 24.4. The summed E-state index contributed by atoms with van der Waals surface area (Å²) in [4.78, 5) is 13.1. The van der Waals surface area contributed by atoms with Gasteiger partial charge >= 0.3 is 0 Å². The molecule has 0 spiro atoms. The first-order valence-corrected chi connectivity index (χ1v) is 10.5. The van der Waals surface area contributed by atoms with Crippen molar-refractivity contribution in [3.63, 3.8) is 0 Å². The molecule has 0 aliphatic heterocycles. The van der Waals surface area contributed by atoms with Crippen molar-refractivity contribution in [3.05, 3.63) is 42.5 Å². The highest BCUT2D eigenvalue weighted by Crippen LogP contribution is 2.13. The summed E-state index contributed by atoms with van der Waals surface area (Å²) in [6.45, 7) is 9.89. The lowest BCUT2D eigenvalue weighted by molar-refractivity contribution is -0.114. The third kappa shape index (κ3) is 12.7. The Morgan fingerprint density at radius 3 is 1.54 bits per heavy atom. The van der Waals surface area contributed by atoms with Gasteiger partial charge in [0.25, 0.3) is 5.91 Å². The van der Waals surface area contributed by atoms with Crippen molar-refractivity contribution in [2.24, 2.45) is 0 Å². The Bertz CT molecular complexity index is 456. The standard InChI is InChI=1S/C13H28.C11H13NO/c1-3-5-7-9-11-13-12-10-8-6-4-2;1-9(2)11(13)12(3)10-7-5-4-6-8-10/h3-13H2,1-2H3;4-8H,1H2,2-3H3. The van der Waals surface area contributed by atoms with Crippen molar-refractivity contribution in [1.29, 1.82) is 0 Å². The minimum Gasteiger partial charge on any atom is -0.312 e. The van der Waals surface area contributed by atoms with E-state index in [1.165, 1.54) is 70.6 Å². The van der Waals surface area contributed by atoms with Gasteiger partial charge in [0.1, 0.15) is 0 Å². The van der Waals surface area contributed by atoms with Gasteiger partial charge in [0.2, 0.25) is 0 Å². The number of benzene rings is 1. The first-order chi connectivity index (χ1) is 12.5. The molecule has 0 unspecified atom stereocenters. The van der Waals surface area contributed by atoms with E-state index in [1.54, 1.807) is 18.9 Å². The number of likely N-dealkylation sites (N-methyl/N-ethyl adjacent to an activating group) is 1. The lowest BCUT2D eigenvalue weighted by Crippen LogP contribution is -2.26. The van der Waals surface area contributed by atoms with Gasteiger partial charge in [-0.05, 0) is 19.1 Å². The second-order valence-corrected chi connectivity index (χ2v) is 7.16. The predicted octanol–water partition coefficient (Wildman–Crippen LogP) is 7.54. The van der Waals surface area contributed by atoms with Crippen molar-refractivity contribution in [2.45, 2.75) is 91.4 Å². The molecule has 1 rings (SSSR count). The molecular formula is C24H41NO. The maximum absolute atomic E-state index is 11.5. The van der Waals surface area contributed by atoms with Crippen LogP contribution in [-0.4, -0.2) is 13.0 Å². The van der Waals surface area contributed by atoms with E-state index in [-0.39, 0.29) is 5.91 Å². The third-order valence-electron chi connectivity index (χ3n) is 4.52. The number of hydrogen-bond donors (Lipinski definition) is 0. The van der Waals surface area contributed by atoms with Crippen LogP contribution in [0.4, 0.5) is 5.69 Å². The average Bonchev–Trinajstić information content (AvgIpc) is 2.66. The number of unbranched alkanes of at least 4 members (excludes halogenated alkanes) is 10. The van der Waals surface area contributed by atoms with Crippen molar-refractivity contribution >= 4 is 11.6 Å². The van der Waals surface area contributed by atoms with Gasteiger partial charge < -0.3 is 4.90 Å². The molecule has 1 amide bonds. The average molecular weight is 360 g/mol. The number of para-hydroxylation sites is 1. The van der Waals surface area contributed by atoms with Crippen LogP contribution in [-0.2, 0) is 4.79 Å². The second-order valence-electron chi connectivity index (χ2n) is 7.16. The molecule has 0 bridgehead atoms. The van der Waals surface area contributed by atoms with E-state index < -0.39 is 0 Å². The Morgan fingerprint density at radius 2 is 1.19 bits per heavy atom. The summed E-state index contributed by atoms with van der Waals surface area (Å²) in [5.74, 6) is -0.0498. The van der Waals surface area contributed by atoms with E-state index >= 15 is 0 Å². The molecule has 0 heterocycles. The quantitative estimate of drug-likeness (QED) is 0.279. The van der Waals surface area contributed by atoms with Gasteiger partial charge in [-0.15, -0.1) is 0 Å². The zero-order chi connectivity index (χ0) is 19.6. The zero-order valence-electron chi connectivity index (χ0n) is 17.7. The SMILES string of the molecule is C=C(C)C(=O)N(C)c1ccccc1.CCCCCCCCCCCCC. The summed E-state index contributed by atoms with van der Waals surface area (Å²) in [5.41, 5.74) is 1.43. The highest BCUT2D eigenvalue weighted by molar-refractivity contribution is 6.04. The monoisotopic (exact) mass is 359 g/mol. The molecule has 2 nitrogen and oxygen atoms in total. The van der Waals surface area contributed by atoms with Gasteiger partial charge in [-0.3, -0.25) is 4.79 Å². The molecule has 0 aromatic heterocycles. The number of nitrogens with zero attached hydrogens (tertiary/aromatic N) is 1. The van der Waals surface area contributed by atoms with E-state index in [9.17, 15) is 4.79 Å². The summed E-state index contributed by atoms with van der Waals surface area (Å²) < 4.78 is 0. The number of amides is 1. The summed E-state index contributed by atoms with van der Waals surface area (Å²) in [5, 5.41) is 0. The second kappa shape index (κ2) is 16.9. The molecule has 0 radical (unpaired) electrons. The van der Waals surface area contributed by atoms with Crippen molar-refractivity contribution in [2.75, 3.05) is 11.9 Å². The van der Waals surface area contributed by atoms with Crippen LogP contribution in [0.1, 0.15) is 91.4 Å². The van der Waals surface area contributed by atoms with Crippen LogP contribution in [0.5, 0.6) is 0 Å². The zero-order valence-corrected chi connectivity index (χ0v) is 17.7. The maximum atomic E-state index is 11.5. The van der Waals surface area contributed by atoms with Crippen LogP contribution in [0.25, 0.3) is 0 Å². The van der Waals surface area contributed by atoms with E-state index in [4.69, 9.17) is 0 Å². The van der Waals surface area contributed by atoms with Crippen LogP contribution in [0.15, 0.2) is 42.5 Å². The topological polar surface area (TPSA) is 20.3 Å². The molecule has 0 saturated carbocycles. The lowest BCUT2D eigenvalue weighted by Gasteiger charge is -2.16. The van der Waals surface area contributed by atoms with E-state index in [0.717, 1.165) is 5.69 Å². The molecule has 0 N–H and O–H groups in total. The number of carbonyl (C=O) groups excluding carboxylic acids is 1. The summed E-state index contributed by atoms with van der Waals surface area (Å²) in [7, 11) is 1.74. The van der Waals surface area contributed by atoms with Gasteiger partial charge in [0.15, 0.2) is 0 Å². The predicted molar refractivity (Wildman–Crippen MR) is 117 cm³/mol. The third-order valence-corrected chi connectivity index (χ3v) is 4.52. The largest absolute Gasteiger partial charge is 0.312 e. The molecule has 2 heteroatoms. The fraction of sp³-hybridized carbons (Fsp3) is 0.625. The fourth-order valence-electron chi connectivity index (χ4n) is 2.79. The van der Waals surface area contributed by atoms with Crippen molar-refractivity contribution in [1.82, 2.24) is 0 Å². The smallest absolute Gasteiger partial charge is 0.253 e. The summed E-state index contributed by atoms with van der Waals surface area (Å²) >= 11 is 0. The van der Waals surface area contributed by atoms with Crippen molar-refractivity contribution < 1.29 is 4.79 Å². The molecular weight excluding hydrogens is 318 g/mol. The number of anilines is 1. The Labute approximate surface area is 162 Å². The van der Waals surface area contributed by atoms with Gasteiger partial charge in [-0.25, -0.2) is 0 Å². The van der Waals surface area contributed by atoms with Gasteiger partial charge in [-0.2, -0.15) is 0 Å². The molecule has 1 aromatic rings. The van der Waals surface area contributed by atoms with Crippen LogP contribution in [0.3, 0.4) is 0 Å². The Balaban J connectivity index is 0.000000481. The fourth-order valence-corrected chi connectivity index (χ4v) is 2.79. The molecule has 26 heavy (non-hydrogen) atoms. The number of carbonyl (C=O) groups is 1. The minimum absolute atomic E-state index is 0.0498. The minimum atomic E-state index is -0.0498. The molecule has 1 aromatic carbocycles. The first-order valence-electron chi connectivity index (χ1n) is 10.5. The van der Waals surface area contributed by atoms with Gasteiger partial charge in [0.05, 0.1) is 0 Å². The van der Waals surface area contributed by atoms with Gasteiger partial charge in [-0.1, -0.05) is 109 Å². The Hall–Kier alpha value is -1.57. The highest BCUT2D eigenvalue weighted by Gasteiger charge is 2.09. The van der Waals surface area contributed by atoms with Gasteiger partial charge in [0, 0.05) is 18.3 Å². The van der Waals surface area contributed by atoms with Crippen LogP contribution < -0.4 is 4.90 Å². The normalized spacial score (nSPS) is 10.0. The van der Waals surface area contributed by atoms with E-state index in [1.807, 2.05) is 30.3 Å². The summed E-state index contributed by atoms with van der Waals surface area (Å²) in [6, 6.07) is 9.50. The number of rotatable bonds is 12. The molecule has 0 aliphatic carbocycles. The summed E-state index contributed by atoms with van der Waals surface area (Å²) in [6.07, 6.45) is 15.9. The highest BCUT2D eigenvalue weighted by atomic mass is 16.2. The van der Waals surface area contributed by atoms with E-state index in [0.29, 0.717) is 5.57 Å². The van der Waals surface area contributed by atoms with E-state index in [2.05, 4.69) is 20.4 Å². The lowest BCUT2D eigenvalue weighted by atomic mass is 10.1. The molecule has 0 aliphatic rings. The Kier molecular flexibility index (Phi) is 15.9. The molecule has 0 fully saturated rings. The van der Waals surface area contributed by atoms with Crippen LogP contribution in [0.2, 0.25) is 0 Å². The van der Waals surface area contributed by atoms with Crippen LogP contribution >= 0.6 is 0 Å².